The van der Waals surface area contributed by atoms with Crippen molar-refractivity contribution in [1.82, 2.24) is 14.8 Å². The zero-order valence-corrected chi connectivity index (χ0v) is 20.3. The van der Waals surface area contributed by atoms with Gasteiger partial charge in [-0.25, -0.2) is 13.2 Å². The van der Waals surface area contributed by atoms with Gasteiger partial charge in [0.2, 0.25) is 5.43 Å². The van der Waals surface area contributed by atoms with Gasteiger partial charge in [0.05, 0.1) is 5.54 Å². The predicted molar refractivity (Wildman–Crippen MR) is 130 cm³/mol. The maximum atomic E-state index is 14.1. The highest BCUT2D eigenvalue weighted by molar-refractivity contribution is 5.99. The molecule has 2 aromatic carbocycles. The lowest BCUT2D eigenvalue weighted by Gasteiger charge is -2.44. The number of aromatic nitrogens is 1. The Kier molecular flexibility index (Phi) is 5.77. The van der Waals surface area contributed by atoms with Crippen molar-refractivity contribution in [3.8, 4) is 5.75 Å². The third kappa shape index (κ3) is 3.95. The summed E-state index contributed by atoms with van der Waals surface area (Å²) >= 11 is 0. The number of ether oxygens (including phenoxy) is 1. The summed E-state index contributed by atoms with van der Waals surface area (Å²) in [6.07, 6.45) is 4.03. The van der Waals surface area contributed by atoms with E-state index < -0.39 is 40.9 Å². The molecule has 3 aromatic rings. The minimum atomic E-state index is -1.15. The molecule has 6 rings (SSSR count). The van der Waals surface area contributed by atoms with Gasteiger partial charge >= 0.3 is 0 Å². The van der Waals surface area contributed by atoms with Gasteiger partial charge in [-0.15, -0.1) is 0 Å². The quantitative estimate of drug-likeness (QED) is 0.534. The molecule has 0 unspecified atom stereocenters. The first kappa shape index (κ1) is 24.3. The van der Waals surface area contributed by atoms with Gasteiger partial charge in [-0.3, -0.25) is 14.4 Å². The van der Waals surface area contributed by atoms with E-state index in [0.29, 0.717) is 31.1 Å². The number of hydrogen-bond donors (Lipinski definition) is 1. The standard InChI is InChI=1S/C28H24F3N3O4/c29-18-8-21(30)19(22(31)9-18)11-32-26(36)20-13-33-15-28-7-6-17(10-28)12-34(28)27(37)23(33)25(24(20)35)38-14-16-4-2-1-3-5-16/h1-5,8-9,13,17H,6-7,10-12,14-15H2,(H,32,36)/t17-,28+/m0/s1. The molecule has 1 spiro atoms. The normalized spacial score (nSPS) is 21.3. The number of rotatable bonds is 6. The lowest BCUT2D eigenvalue weighted by Crippen LogP contribution is -2.56. The molecule has 3 aliphatic rings. The molecule has 38 heavy (non-hydrogen) atoms. The van der Waals surface area contributed by atoms with Crippen LogP contribution < -0.4 is 15.5 Å². The molecule has 7 nitrogen and oxygen atoms in total. The van der Waals surface area contributed by atoms with E-state index in [9.17, 15) is 27.6 Å². The Labute approximate surface area is 215 Å². The Balaban J connectivity index is 1.37. The van der Waals surface area contributed by atoms with Crippen LogP contribution in [-0.4, -0.2) is 33.4 Å². The highest BCUT2D eigenvalue weighted by Crippen LogP contribution is 2.50. The Bertz CT molecular complexity index is 1500. The molecular formula is C28H24F3N3O4. The number of fused-ring (bicyclic) bond motifs is 2. The molecule has 0 radical (unpaired) electrons. The molecule has 1 saturated carbocycles. The zero-order chi connectivity index (χ0) is 26.6. The van der Waals surface area contributed by atoms with Crippen LogP contribution in [0, 0.1) is 23.4 Å². The van der Waals surface area contributed by atoms with Gasteiger partial charge in [-0.2, -0.15) is 0 Å². The van der Waals surface area contributed by atoms with Gasteiger partial charge in [-0.1, -0.05) is 30.3 Å². The number of carbonyl (C=O) groups excluding carboxylic acids is 2. The molecule has 10 heteroatoms. The van der Waals surface area contributed by atoms with E-state index in [2.05, 4.69) is 5.32 Å². The topological polar surface area (TPSA) is 80.6 Å². The van der Waals surface area contributed by atoms with E-state index in [1.165, 1.54) is 6.20 Å². The summed E-state index contributed by atoms with van der Waals surface area (Å²) in [5.41, 5.74) is -1.15. The summed E-state index contributed by atoms with van der Waals surface area (Å²) in [7, 11) is 0. The van der Waals surface area contributed by atoms with Gasteiger partial charge in [0, 0.05) is 43.5 Å². The Morgan fingerprint density at radius 1 is 1.11 bits per heavy atom. The first-order valence-corrected chi connectivity index (χ1v) is 12.4. The van der Waals surface area contributed by atoms with Crippen LogP contribution >= 0.6 is 0 Å². The summed E-state index contributed by atoms with van der Waals surface area (Å²) in [6, 6.07) is 10.1. The largest absolute Gasteiger partial charge is 0.483 e. The van der Waals surface area contributed by atoms with E-state index >= 15 is 0 Å². The molecule has 1 saturated heterocycles. The number of nitrogens with one attached hydrogen (secondary N) is 1. The van der Waals surface area contributed by atoms with Crippen LogP contribution in [0.25, 0.3) is 0 Å². The molecule has 1 N–H and O–H groups in total. The number of benzene rings is 2. The molecule has 196 valence electrons. The molecule has 2 fully saturated rings. The molecule has 2 bridgehead atoms. The van der Waals surface area contributed by atoms with E-state index in [1.54, 1.807) is 4.57 Å². The van der Waals surface area contributed by atoms with Crippen LogP contribution in [-0.2, 0) is 19.7 Å². The van der Waals surface area contributed by atoms with Crippen LogP contribution in [0.4, 0.5) is 13.2 Å². The van der Waals surface area contributed by atoms with E-state index in [4.69, 9.17) is 4.74 Å². The Hall–Kier alpha value is -4.08. The van der Waals surface area contributed by atoms with Crippen molar-refractivity contribution in [2.24, 2.45) is 5.92 Å². The van der Waals surface area contributed by atoms with E-state index in [-0.39, 0.29) is 35.1 Å². The highest BCUT2D eigenvalue weighted by atomic mass is 19.1. The fraction of sp³-hybridized carbons (Fsp3) is 0.321. The summed E-state index contributed by atoms with van der Waals surface area (Å²) in [5, 5.41) is 2.35. The average molecular weight is 524 g/mol. The fourth-order valence-corrected chi connectivity index (χ4v) is 6.05. The minimum absolute atomic E-state index is 0.00119. The van der Waals surface area contributed by atoms with Crippen molar-refractivity contribution in [3.63, 3.8) is 0 Å². The summed E-state index contributed by atoms with van der Waals surface area (Å²) < 4.78 is 48.9. The second kappa shape index (κ2) is 9.04. The average Bonchev–Trinajstić information content (AvgIpc) is 3.46. The fourth-order valence-electron chi connectivity index (χ4n) is 6.05. The number of carbonyl (C=O) groups is 2. The van der Waals surface area contributed by atoms with Gasteiger partial charge in [0.15, 0.2) is 11.4 Å². The summed E-state index contributed by atoms with van der Waals surface area (Å²) in [5.74, 6) is -4.41. The van der Waals surface area contributed by atoms with Crippen molar-refractivity contribution >= 4 is 11.8 Å². The number of pyridine rings is 1. The maximum absolute atomic E-state index is 14.1. The van der Waals surface area contributed by atoms with Crippen molar-refractivity contribution < 1.29 is 27.5 Å². The van der Waals surface area contributed by atoms with Gasteiger partial charge in [0.1, 0.15) is 29.6 Å². The molecule has 2 aliphatic heterocycles. The van der Waals surface area contributed by atoms with Crippen LogP contribution in [0.2, 0.25) is 0 Å². The molecule has 2 atom stereocenters. The lowest BCUT2D eigenvalue weighted by atomic mass is 9.93. The highest BCUT2D eigenvalue weighted by Gasteiger charge is 2.56. The van der Waals surface area contributed by atoms with Crippen LogP contribution in [0.1, 0.15) is 51.2 Å². The summed E-state index contributed by atoms with van der Waals surface area (Å²) in [4.78, 5) is 42.1. The first-order chi connectivity index (χ1) is 18.3. The third-order valence-electron chi connectivity index (χ3n) is 7.85. The molecule has 1 aliphatic carbocycles. The van der Waals surface area contributed by atoms with Gasteiger partial charge in [-0.05, 0) is 30.7 Å². The maximum Gasteiger partial charge on any atom is 0.275 e. The third-order valence-corrected chi connectivity index (χ3v) is 7.85. The number of nitrogens with zero attached hydrogens (tertiary/aromatic N) is 2. The molecular weight excluding hydrogens is 499 g/mol. The number of piperidine rings is 1. The minimum Gasteiger partial charge on any atom is -0.483 e. The van der Waals surface area contributed by atoms with E-state index in [1.807, 2.05) is 35.2 Å². The van der Waals surface area contributed by atoms with Crippen molar-refractivity contribution in [2.45, 2.75) is 44.5 Å². The van der Waals surface area contributed by atoms with Crippen LogP contribution in [0.5, 0.6) is 5.75 Å². The van der Waals surface area contributed by atoms with Crippen molar-refractivity contribution in [2.75, 3.05) is 6.54 Å². The summed E-state index contributed by atoms with van der Waals surface area (Å²) in [6.45, 7) is 0.438. The number of halogens is 3. The van der Waals surface area contributed by atoms with Gasteiger partial charge < -0.3 is 19.5 Å². The van der Waals surface area contributed by atoms with Crippen molar-refractivity contribution in [1.29, 1.82) is 0 Å². The molecule has 2 amide bonds. The van der Waals surface area contributed by atoms with Crippen molar-refractivity contribution in [3.05, 3.63) is 98.7 Å². The molecule has 3 heterocycles. The smallest absolute Gasteiger partial charge is 0.275 e. The Morgan fingerprint density at radius 3 is 2.55 bits per heavy atom. The number of amides is 2. The van der Waals surface area contributed by atoms with Gasteiger partial charge in [0.25, 0.3) is 11.8 Å². The second-order valence-corrected chi connectivity index (χ2v) is 10.2. The number of hydrogen-bond acceptors (Lipinski definition) is 4. The zero-order valence-electron chi connectivity index (χ0n) is 20.3. The van der Waals surface area contributed by atoms with E-state index in [0.717, 1.165) is 24.8 Å². The predicted octanol–water partition coefficient (Wildman–Crippen LogP) is 3.78. The SMILES string of the molecule is O=C(NCc1c(F)cc(F)cc1F)c1cn2c(c(OCc3ccccc3)c1=O)C(=O)N1C[C@H]3CC[C@@]1(C3)C2. The monoisotopic (exact) mass is 523 g/mol. The second-order valence-electron chi connectivity index (χ2n) is 10.2. The lowest BCUT2D eigenvalue weighted by molar-refractivity contribution is 0.0394. The molecule has 1 aromatic heterocycles. The Morgan fingerprint density at radius 2 is 1.84 bits per heavy atom. The van der Waals surface area contributed by atoms with Crippen LogP contribution in [0.15, 0.2) is 53.5 Å². The first-order valence-electron chi connectivity index (χ1n) is 12.4. The van der Waals surface area contributed by atoms with Crippen LogP contribution in [0.3, 0.4) is 0 Å².